The van der Waals surface area contributed by atoms with Gasteiger partial charge in [0.2, 0.25) is 5.91 Å². The van der Waals surface area contributed by atoms with Crippen LogP contribution in [0.25, 0.3) is 10.9 Å². The van der Waals surface area contributed by atoms with Crippen LogP contribution in [0.1, 0.15) is 44.7 Å². The molecule has 1 aliphatic rings. The fraction of sp³-hybridized carbons (Fsp3) is 0.346. The molecule has 0 spiro atoms. The second-order valence-corrected chi connectivity index (χ2v) is 8.57. The van der Waals surface area contributed by atoms with E-state index in [-0.39, 0.29) is 11.8 Å². The fourth-order valence-corrected chi connectivity index (χ4v) is 4.39. The van der Waals surface area contributed by atoms with Gasteiger partial charge >= 0.3 is 0 Å². The number of carbonyl (C=O) groups excluding carboxylic acids is 2. The Morgan fingerprint density at radius 1 is 0.968 bits per heavy atom. The number of benzene rings is 2. The third-order valence-electron chi connectivity index (χ3n) is 6.10. The third-order valence-corrected chi connectivity index (χ3v) is 6.10. The number of pyridine rings is 1. The monoisotopic (exact) mass is 415 g/mol. The van der Waals surface area contributed by atoms with Gasteiger partial charge in [-0.2, -0.15) is 0 Å². The van der Waals surface area contributed by atoms with Crippen molar-refractivity contribution in [3.63, 3.8) is 0 Å². The van der Waals surface area contributed by atoms with E-state index in [4.69, 9.17) is 0 Å². The molecule has 1 fully saturated rings. The molecule has 5 heteroatoms. The SMILES string of the molecule is Cc1cc(C)c2nc(C)cc(C(=O)N3CCC(=O)N(Cc4ccccc4C)CC3)c2c1. The second kappa shape index (κ2) is 8.50. The third kappa shape index (κ3) is 4.31. The van der Waals surface area contributed by atoms with Crippen LogP contribution in [0.3, 0.4) is 0 Å². The van der Waals surface area contributed by atoms with Gasteiger partial charge in [-0.1, -0.05) is 35.9 Å². The summed E-state index contributed by atoms with van der Waals surface area (Å²) in [7, 11) is 0. The summed E-state index contributed by atoms with van der Waals surface area (Å²) >= 11 is 0. The molecule has 160 valence electrons. The van der Waals surface area contributed by atoms with Crippen molar-refractivity contribution in [3.8, 4) is 0 Å². The Hall–Kier alpha value is -3.21. The molecule has 1 aromatic heterocycles. The summed E-state index contributed by atoms with van der Waals surface area (Å²) in [5.74, 6) is 0.0760. The first-order valence-electron chi connectivity index (χ1n) is 10.8. The van der Waals surface area contributed by atoms with Gasteiger partial charge in [0.15, 0.2) is 0 Å². The highest BCUT2D eigenvalue weighted by atomic mass is 16.2. The molecule has 4 rings (SSSR count). The number of rotatable bonds is 3. The molecular weight excluding hydrogens is 386 g/mol. The molecule has 0 radical (unpaired) electrons. The van der Waals surface area contributed by atoms with E-state index >= 15 is 0 Å². The summed E-state index contributed by atoms with van der Waals surface area (Å²) in [5, 5.41) is 0.889. The topological polar surface area (TPSA) is 53.5 Å². The maximum Gasteiger partial charge on any atom is 0.254 e. The number of aryl methyl sites for hydroxylation is 4. The number of hydrogen-bond acceptors (Lipinski definition) is 3. The van der Waals surface area contributed by atoms with Gasteiger partial charge in [-0.15, -0.1) is 0 Å². The molecule has 5 nitrogen and oxygen atoms in total. The van der Waals surface area contributed by atoms with Crippen LogP contribution in [-0.2, 0) is 11.3 Å². The first-order valence-corrected chi connectivity index (χ1v) is 10.8. The zero-order valence-corrected chi connectivity index (χ0v) is 18.7. The van der Waals surface area contributed by atoms with Crippen LogP contribution in [0, 0.1) is 27.7 Å². The van der Waals surface area contributed by atoms with Crippen molar-refractivity contribution in [2.45, 2.75) is 40.7 Å². The average molecular weight is 416 g/mol. The van der Waals surface area contributed by atoms with Crippen molar-refractivity contribution in [2.24, 2.45) is 0 Å². The highest BCUT2D eigenvalue weighted by Gasteiger charge is 2.26. The molecule has 3 aromatic rings. The van der Waals surface area contributed by atoms with Gasteiger partial charge in [0.05, 0.1) is 11.1 Å². The van der Waals surface area contributed by atoms with Crippen molar-refractivity contribution < 1.29 is 9.59 Å². The first-order chi connectivity index (χ1) is 14.8. The molecule has 0 aliphatic carbocycles. The number of nitrogens with zero attached hydrogens (tertiary/aromatic N) is 3. The van der Waals surface area contributed by atoms with Crippen molar-refractivity contribution in [1.29, 1.82) is 0 Å². The van der Waals surface area contributed by atoms with E-state index in [2.05, 4.69) is 30.1 Å². The van der Waals surface area contributed by atoms with Crippen LogP contribution in [0.4, 0.5) is 0 Å². The Morgan fingerprint density at radius 3 is 2.52 bits per heavy atom. The van der Waals surface area contributed by atoms with E-state index < -0.39 is 0 Å². The Bertz CT molecular complexity index is 1170. The molecule has 1 saturated heterocycles. The molecule has 1 aliphatic heterocycles. The van der Waals surface area contributed by atoms with E-state index in [1.165, 1.54) is 5.56 Å². The smallest absolute Gasteiger partial charge is 0.254 e. The quantitative estimate of drug-likeness (QED) is 0.639. The van der Waals surface area contributed by atoms with Gasteiger partial charge in [-0.25, -0.2) is 0 Å². The van der Waals surface area contributed by atoms with E-state index in [1.807, 2.05) is 54.8 Å². The lowest BCUT2D eigenvalue weighted by molar-refractivity contribution is -0.130. The van der Waals surface area contributed by atoms with Crippen LogP contribution in [0.5, 0.6) is 0 Å². The molecule has 0 bridgehead atoms. The zero-order valence-electron chi connectivity index (χ0n) is 18.7. The van der Waals surface area contributed by atoms with E-state index in [0.717, 1.165) is 33.3 Å². The van der Waals surface area contributed by atoms with Crippen LogP contribution < -0.4 is 0 Å². The Balaban J connectivity index is 1.59. The maximum absolute atomic E-state index is 13.5. The fourth-order valence-electron chi connectivity index (χ4n) is 4.39. The van der Waals surface area contributed by atoms with Crippen LogP contribution >= 0.6 is 0 Å². The highest BCUT2D eigenvalue weighted by molar-refractivity contribution is 6.07. The van der Waals surface area contributed by atoms with Gasteiger partial charge in [0.1, 0.15) is 0 Å². The van der Waals surface area contributed by atoms with Crippen molar-refractivity contribution in [2.75, 3.05) is 19.6 Å². The molecule has 31 heavy (non-hydrogen) atoms. The lowest BCUT2D eigenvalue weighted by atomic mass is 10.0. The average Bonchev–Trinajstić information content (AvgIpc) is 2.91. The number of amides is 2. The lowest BCUT2D eigenvalue weighted by Gasteiger charge is -2.23. The molecule has 0 N–H and O–H groups in total. The summed E-state index contributed by atoms with van der Waals surface area (Å²) in [4.78, 5) is 34.7. The molecule has 0 saturated carbocycles. The minimum atomic E-state index is -0.0222. The predicted octanol–water partition coefficient (Wildman–Crippen LogP) is 4.34. The normalized spacial score (nSPS) is 14.8. The lowest BCUT2D eigenvalue weighted by Crippen LogP contribution is -2.36. The van der Waals surface area contributed by atoms with Gasteiger partial charge in [-0.05, 0) is 56.5 Å². The standard InChI is InChI=1S/C26H29N3O2/c1-17-13-19(3)25-22(14-17)23(15-20(4)27-25)26(31)28-10-9-24(30)29(12-11-28)16-21-8-6-5-7-18(21)2/h5-8,13-15H,9-12,16H2,1-4H3. The second-order valence-electron chi connectivity index (χ2n) is 8.57. The van der Waals surface area contributed by atoms with Gasteiger partial charge in [0, 0.05) is 43.7 Å². The number of fused-ring (bicyclic) bond motifs is 1. The predicted molar refractivity (Wildman–Crippen MR) is 123 cm³/mol. The van der Waals surface area contributed by atoms with E-state index in [9.17, 15) is 9.59 Å². The van der Waals surface area contributed by atoms with Crippen molar-refractivity contribution >= 4 is 22.7 Å². The summed E-state index contributed by atoms with van der Waals surface area (Å²) in [6.07, 6.45) is 0.345. The molecule has 0 unspecified atom stereocenters. The van der Waals surface area contributed by atoms with E-state index in [0.29, 0.717) is 38.2 Å². The minimum Gasteiger partial charge on any atom is -0.337 e. The van der Waals surface area contributed by atoms with Crippen LogP contribution in [-0.4, -0.2) is 46.2 Å². The van der Waals surface area contributed by atoms with Gasteiger partial charge < -0.3 is 9.80 Å². The summed E-state index contributed by atoms with van der Waals surface area (Å²) < 4.78 is 0. The first kappa shape index (κ1) is 21.0. The van der Waals surface area contributed by atoms with Gasteiger partial charge in [0.25, 0.3) is 5.91 Å². The van der Waals surface area contributed by atoms with Crippen LogP contribution in [0.15, 0.2) is 42.5 Å². The van der Waals surface area contributed by atoms with Crippen LogP contribution in [0.2, 0.25) is 0 Å². The van der Waals surface area contributed by atoms with E-state index in [1.54, 1.807) is 0 Å². The Morgan fingerprint density at radius 2 is 1.74 bits per heavy atom. The maximum atomic E-state index is 13.5. The molecule has 2 heterocycles. The Kier molecular flexibility index (Phi) is 5.77. The highest BCUT2D eigenvalue weighted by Crippen LogP contribution is 2.25. The zero-order chi connectivity index (χ0) is 22.1. The largest absolute Gasteiger partial charge is 0.337 e. The summed E-state index contributed by atoms with van der Waals surface area (Å²) in [5.41, 5.74) is 6.89. The summed E-state index contributed by atoms with van der Waals surface area (Å²) in [6.45, 7) is 10.2. The Labute approximate surface area is 183 Å². The van der Waals surface area contributed by atoms with Crippen molar-refractivity contribution in [3.05, 3.63) is 76.0 Å². The number of hydrogen-bond donors (Lipinski definition) is 0. The van der Waals surface area contributed by atoms with Gasteiger partial charge in [-0.3, -0.25) is 14.6 Å². The molecule has 2 amide bonds. The molecule has 2 aromatic carbocycles. The summed E-state index contributed by atoms with van der Waals surface area (Å²) in [6, 6.07) is 14.1. The number of carbonyl (C=O) groups is 2. The van der Waals surface area contributed by atoms with Crippen molar-refractivity contribution in [1.82, 2.24) is 14.8 Å². The number of aromatic nitrogens is 1. The minimum absolute atomic E-state index is 0.0222. The molecule has 0 atom stereocenters. The molecular formula is C26H29N3O2.